The molecule has 0 saturated carbocycles. The van der Waals surface area contributed by atoms with E-state index >= 15 is 0 Å². The van der Waals surface area contributed by atoms with Gasteiger partial charge in [0.25, 0.3) is 5.91 Å². The van der Waals surface area contributed by atoms with Crippen LogP contribution < -0.4 is 10.6 Å². The Morgan fingerprint density at radius 3 is 2.58 bits per heavy atom. The number of anilines is 1. The van der Waals surface area contributed by atoms with Crippen LogP contribution in [0.25, 0.3) is 0 Å². The van der Waals surface area contributed by atoms with E-state index in [0.717, 1.165) is 9.15 Å². The van der Waals surface area contributed by atoms with E-state index in [-0.39, 0.29) is 23.8 Å². The van der Waals surface area contributed by atoms with E-state index in [4.69, 9.17) is 0 Å². The maximum atomic E-state index is 13.6. The third kappa shape index (κ3) is 3.72. The van der Waals surface area contributed by atoms with Crippen LogP contribution in [0.3, 0.4) is 0 Å². The summed E-state index contributed by atoms with van der Waals surface area (Å²) in [5.41, 5.74) is 0.819. The maximum absolute atomic E-state index is 13.6. The minimum Gasteiger partial charge on any atom is -0.363 e. The Morgan fingerprint density at radius 2 is 2.00 bits per heavy atom. The van der Waals surface area contributed by atoms with Crippen LogP contribution in [0.1, 0.15) is 48.3 Å². The number of halogens is 4. The predicted octanol–water partition coefficient (Wildman–Crippen LogP) is 4.44. The summed E-state index contributed by atoms with van der Waals surface area (Å²) < 4.78 is 42.5. The number of amides is 1. The molecule has 0 radical (unpaired) electrons. The van der Waals surface area contributed by atoms with Gasteiger partial charge in [0.05, 0.1) is 12.2 Å². The van der Waals surface area contributed by atoms with Crippen molar-refractivity contribution in [2.75, 3.05) is 5.32 Å². The van der Waals surface area contributed by atoms with E-state index in [9.17, 15) is 18.0 Å². The van der Waals surface area contributed by atoms with Crippen molar-refractivity contribution in [3.05, 3.63) is 46.1 Å². The van der Waals surface area contributed by atoms with E-state index in [0.29, 0.717) is 5.56 Å². The molecule has 1 aliphatic heterocycles. The van der Waals surface area contributed by atoms with Crippen LogP contribution in [0, 0.1) is 0 Å². The molecule has 26 heavy (non-hydrogen) atoms. The highest BCUT2D eigenvalue weighted by atomic mass is 79.9. The summed E-state index contributed by atoms with van der Waals surface area (Å²) in [4.78, 5) is 12.3. The fraction of sp³-hybridized carbons (Fsp3) is 0.412. The van der Waals surface area contributed by atoms with Gasteiger partial charge < -0.3 is 10.6 Å². The Morgan fingerprint density at radius 1 is 1.35 bits per heavy atom. The molecule has 1 aliphatic rings. The third-order valence-electron chi connectivity index (χ3n) is 4.18. The van der Waals surface area contributed by atoms with Crippen LogP contribution in [0.15, 0.2) is 34.9 Å². The summed E-state index contributed by atoms with van der Waals surface area (Å²) in [6.45, 7) is 3.56. The normalized spacial score (nSPS) is 19.8. The molecule has 2 N–H and O–H groups in total. The van der Waals surface area contributed by atoms with E-state index < -0.39 is 24.2 Å². The number of hydrogen-bond acceptors (Lipinski definition) is 3. The first-order valence-corrected chi connectivity index (χ1v) is 8.93. The lowest BCUT2D eigenvalue weighted by Gasteiger charge is -2.34. The molecule has 0 bridgehead atoms. The van der Waals surface area contributed by atoms with Gasteiger partial charge in [-0.2, -0.15) is 18.3 Å². The highest BCUT2D eigenvalue weighted by molar-refractivity contribution is 9.10. The van der Waals surface area contributed by atoms with Gasteiger partial charge in [-0.3, -0.25) is 4.79 Å². The molecule has 2 heterocycles. The molecule has 0 aliphatic carbocycles. The molecule has 5 nitrogen and oxygen atoms in total. The molecule has 1 amide bonds. The van der Waals surface area contributed by atoms with Gasteiger partial charge in [-0.1, -0.05) is 28.1 Å². The highest BCUT2D eigenvalue weighted by Gasteiger charge is 2.47. The molecule has 0 saturated heterocycles. The van der Waals surface area contributed by atoms with Crippen molar-refractivity contribution >= 4 is 27.7 Å². The van der Waals surface area contributed by atoms with Gasteiger partial charge in [0.15, 0.2) is 6.04 Å². The molecule has 9 heteroatoms. The highest BCUT2D eigenvalue weighted by Crippen LogP contribution is 2.44. The smallest absolute Gasteiger partial charge is 0.363 e. The average molecular weight is 431 g/mol. The van der Waals surface area contributed by atoms with E-state index in [1.54, 1.807) is 38.1 Å². The van der Waals surface area contributed by atoms with Crippen molar-refractivity contribution in [2.45, 2.75) is 44.6 Å². The molecule has 2 atom stereocenters. The van der Waals surface area contributed by atoms with Gasteiger partial charge in [-0.25, -0.2) is 4.68 Å². The first kappa shape index (κ1) is 18.8. The average Bonchev–Trinajstić information content (AvgIpc) is 2.97. The molecule has 2 aromatic rings. The monoisotopic (exact) mass is 430 g/mol. The quantitative estimate of drug-likeness (QED) is 0.756. The van der Waals surface area contributed by atoms with Crippen molar-refractivity contribution in [1.82, 2.24) is 15.1 Å². The third-order valence-corrected chi connectivity index (χ3v) is 4.70. The minimum atomic E-state index is -4.47. The number of alkyl halides is 3. The lowest BCUT2D eigenvalue weighted by atomic mass is 9.96. The van der Waals surface area contributed by atoms with Gasteiger partial charge >= 0.3 is 6.18 Å². The Bertz CT molecular complexity index is 801. The second-order valence-electron chi connectivity index (χ2n) is 6.52. The van der Waals surface area contributed by atoms with E-state index in [2.05, 4.69) is 31.7 Å². The van der Waals surface area contributed by atoms with Gasteiger partial charge in [-0.15, -0.1) is 0 Å². The van der Waals surface area contributed by atoms with Gasteiger partial charge in [0, 0.05) is 16.9 Å². The number of carbonyl (C=O) groups is 1. The molecule has 0 spiro atoms. The van der Waals surface area contributed by atoms with Crippen molar-refractivity contribution in [2.24, 2.45) is 0 Å². The number of nitrogens with zero attached hydrogens (tertiary/aromatic N) is 2. The summed E-state index contributed by atoms with van der Waals surface area (Å²) in [6, 6.07) is 4.56. The Kier molecular flexibility index (Phi) is 5.01. The number of carbonyl (C=O) groups excluding carboxylic acids is 1. The molecular formula is C17H18BrF3N4O. The summed E-state index contributed by atoms with van der Waals surface area (Å²) in [7, 11) is 0. The molecule has 3 rings (SSSR count). The largest absolute Gasteiger partial charge is 0.410 e. The second-order valence-corrected chi connectivity index (χ2v) is 7.44. The van der Waals surface area contributed by atoms with E-state index in [1.807, 2.05) is 0 Å². The zero-order valence-electron chi connectivity index (χ0n) is 14.1. The standard InChI is InChI=1S/C17H18BrF3N4O/c1-9(2)23-16(26)12-8-22-25-14(17(19,20)21)7-13(24-15(12)25)10-3-5-11(18)6-4-10/h3-6,8-9,13-14,24H,7H2,1-2H3,(H,23,26)/t13-,14+/m1/s1. The number of rotatable bonds is 3. The second kappa shape index (κ2) is 6.94. The van der Waals surface area contributed by atoms with E-state index in [1.165, 1.54) is 6.20 Å². The van der Waals surface area contributed by atoms with Gasteiger partial charge in [-0.05, 0) is 31.5 Å². The summed E-state index contributed by atoms with van der Waals surface area (Å²) in [6.07, 6.45) is -3.49. The number of benzene rings is 1. The van der Waals surface area contributed by atoms with Crippen molar-refractivity contribution in [1.29, 1.82) is 0 Å². The van der Waals surface area contributed by atoms with Gasteiger partial charge in [0.2, 0.25) is 0 Å². The van der Waals surface area contributed by atoms with Crippen molar-refractivity contribution in [3.63, 3.8) is 0 Å². The number of nitrogens with one attached hydrogen (secondary N) is 2. The number of fused-ring (bicyclic) bond motifs is 1. The summed E-state index contributed by atoms with van der Waals surface area (Å²) >= 11 is 3.32. The van der Waals surface area contributed by atoms with Crippen molar-refractivity contribution < 1.29 is 18.0 Å². The first-order chi connectivity index (χ1) is 12.2. The molecule has 1 aromatic carbocycles. The van der Waals surface area contributed by atoms with Gasteiger partial charge in [0.1, 0.15) is 11.4 Å². The SMILES string of the molecule is CC(C)NC(=O)c1cnn2c1N[C@@H](c1ccc(Br)cc1)C[C@H]2C(F)(F)F. The predicted molar refractivity (Wildman–Crippen MR) is 95.0 cm³/mol. The van der Waals surface area contributed by atoms with Crippen LogP contribution in [0.2, 0.25) is 0 Å². The fourth-order valence-corrected chi connectivity index (χ4v) is 3.25. The Balaban J connectivity index is 2.01. The summed E-state index contributed by atoms with van der Waals surface area (Å²) in [5.74, 6) is -0.365. The molecule has 0 fully saturated rings. The molecule has 140 valence electrons. The van der Waals surface area contributed by atoms with Crippen LogP contribution in [0.5, 0.6) is 0 Å². The topological polar surface area (TPSA) is 59.0 Å². The van der Waals surface area contributed by atoms with Crippen LogP contribution >= 0.6 is 15.9 Å². The Hall–Kier alpha value is -2.03. The molecule has 0 unspecified atom stereocenters. The molecular weight excluding hydrogens is 413 g/mol. The minimum absolute atomic E-state index is 0.0876. The number of aromatic nitrogens is 2. The lowest BCUT2D eigenvalue weighted by Crippen LogP contribution is -2.37. The van der Waals surface area contributed by atoms with Crippen LogP contribution in [-0.2, 0) is 0 Å². The fourth-order valence-electron chi connectivity index (χ4n) is 2.98. The molecule has 1 aromatic heterocycles. The lowest BCUT2D eigenvalue weighted by molar-refractivity contribution is -0.173. The summed E-state index contributed by atoms with van der Waals surface area (Å²) in [5, 5.41) is 9.59. The number of hydrogen-bond donors (Lipinski definition) is 2. The maximum Gasteiger partial charge on any atom is 0.410 e. The Labute approximate surface area is 157 Å². The van der Waals surface area contributed by atoms with Crippen molar-refractivity contribution in [3.8, 4) is 0 Å². The van der Waals surface area contributed by atoms with Crippen LogP contribution in [-0.4, -0.2) is 27.9 Å². The van der Waals surface area contributed by atoms with Crippen LogP contribution in [0.4, 0.5) is 19.0 Å². The first-order valence-electron chi connectivity index (χ1n) is 8.14. The zero-order chi connectivity index (χ0) is 19.1. The zero-order valence-corrected chi connectivity index (χ0v) is 15.7.